The van der Waals surface area contributed by atoms with Crippen LogP contribution in [0, 0.1) is 0 Å². The van der Waals surface area contributed by atoms with Crippen LogP contribution in [-0.2, 0) is 6.54 Å². The maximum Gasteiger partial charge on any atom is 0.167 e. The van der Waals surface area contributed by atoms with E-state index in [4.69, 9.17) is 4.52 Å². The largest absolute Gasteiger partial charge is 0.356 e. The molecule has 2 heterocycles. The van der Waals surface area contributed by atoms with Gasteiger partial charge in [-0.25, -0.2) is 0 Å². The summed E-state index contributed by atoms with van der Waals surface area (Å²) < 4.78 is 5.51. The van der Waals surface area contributed by atoms with Crippen molar-refractivity contribution in [2.24, 2.45) is 0 Å². The molecule has 2 aromatic carbocycles. The van der Waals surface area contributed by atoms with Crippen molar-refractivity contribution < 1.29 is 4.52 Å². The summed E-state index contributed by atoms with van der Waals surface area (Å²) >= 11 is 0. The molecule has 1 fully saturated rings. The van der Waals surface area contributed by atoms with Crippen LogP contribution in [0.25, 0.3) is 17.4 Å². The van der Waals surface area contributed by atoms with Crippen molar-refractivity contribution in [2.45, 2.75) is 6.54 Å². The summed E-state index contributed by atoms with van der Waals surface area (Å²) in [6.45, 7) is 6.15. The van der Waals surface area contributed by atoms with Crippen molar-refractivity contribution >= 4 is 6.08 Å². The van der Waals surface area contributed by atoms with Crippen LogP contribution < -0.4 is 0 Å². The Bertz CT molecular complexity index is 850. The van der Waals surface area contributed by atoms with Gasteiger partial charge < -0.3 is 4.52 Å². The summed E-state index contributed by atoms with van der Waals surface area (Å²) in [5.41, 5.74) is 3.34. The molecule has 0 unspecified atom stereocenters. The average Bonchev–Trinajstić information content (AvgIpc) is 3.19. The average molecular weight is 359 g/mol. The Labute approximate surface area is 160 Å². The monoisotopic (exact) mass is 359 g/mol. The Morgan fingerprint density at radius 1 is 0.852 bits per heavy atom. The number of piperazine rings is 1. The van der Waals surface area contributed by atoms with Gasteiger partial charge in [-0.1, -0.05) is 78.0 Å². The second-order valence-electron chi connectivity index (χ2n) is 6.94. The van der Waals surface area contributed by atoms with Crippen LogP contribution in [0.15, 0.2) is 77.3 Å². The Morgan fingerprint density at radius 2 is 1.52 bits per heavy atom. The molecular formula is C23H25N3O. The van der Waals surface area contributed by atoms with E-state index in [1.54, 1.807) is 0 Å². The summed E-state index contributed by atoms with van der Waals surface area (Å²) in [7, 11) is 0. The van der Waals surface area contributed by atoms with Crippen LogP contribution in [0.4, 0.5) is 0 Å². The minimum atomic E-state index is 0.843. The van der Waals surface area contributed by atoms with Gasteiger partial charge in [0.05, 0.1) is 5.69 Å². The second kappa shape index (κ2) is 8.80. The van der Waals surface area contributed by atoms with Gasteiger partial charge in [0, 0.05) is 50.9 Å². The molecule has 4 nitrogen and oxygen atoms in total. The van der Waals surface area contributed by atoms with Gasteiger partial charge >= 0.3 is 0 Å². The standard InChI is InChI=1S/C23H25N3O/c1-3-8-20(9-4-1)10-7-13-25-14-16-26(17-15-25)19-22-18-23(27-24-22)21-11-5-2-6-12-21/h1-12,18H,13-17,19H2/b10-7+. The molecule has 0 saturated carbocycles. The van der Waals surface area contributed by atoms with E-state index in [2.05, 4.69) is 57.4 Å². The molecule has 1 aliphatic heterocycles. The molecule has 0 N–H and O–H groups in total. The van der Waals surface area contributed by atoms with E-state index in [0.29, 0.717) is 0 Å². The molecule has 0 radical (unpaired) electrons. The Balaban J connectivity index is 1.24. The van der Waals surface area contributed by atoms with Gasteiger partial charge in [0.15, 0.2) is 5.76 Å². The normalized spacial score (nSPS) is 16.1. The Morgan fingerprint density at radius 3 is 2.26 bits per heavy atom. The number of aromatic nitrogens is 1. The molecule has 0 spiro atoms. The van der Waals surface area contributed by atoms with Crippen molar-refractivity contribution in [1.82, 2.24) is 15.0 Å². The quantitative estimate of drug-likeness (QED) is 0.661. The molecular weight excluding hydrogens is 334 g/mol. The third-order valence-electron chi connectivity index (χ3n) is 4.94. The van der Waals surface area contributed by atoms with E-state index in [1.807, 2.05) is 36.4 Å². The molecule has 3 aromatic rings. The van der Waals surface area contributed by atoms with Gasteiger partial charge in [-0.2, -0.15) is 0 Å². The van der Waals surface area contributed by atoms with E-state index in [9.17, 15) is 0 Å². The molecule has 0 amide bonds. The predicted octanol–water partition coefficient (Wildman–Crippen LogP) is 4.17. The molecule has 0 bridgehead atoms. The Hall–Kier alpha value is -2.69. The molecule has 27 heavy (non-hydrogen) atoms. The van der Waals surface area contributed by atoms with Crippen LogP contribution in [-0.4, -0.2) is 47.7 Å². The highest BCUT2D eigenvalue weighted by molar-refractivity contribution is 5.56. The first-order chi connectivity index (χ1) is 13.4. The van der Waals surface area contributed by atoms with Gasteiger partial charge in [-0.15, -0.1) is 0 Å². The number of nitrogens with zero attached hydrogens (tertiary/aromatic N) is 3. The first kappa shape index (κ1) is 17.7. The number of hydrogen-bond donors (Lipinski definition) is 0. The fourth-order valence-corrected chi connectivity index (χ4v) is 3.39. The lowest BCUT2D eigenvalue weighted by atomic mass is 10.1. The smallest absolute Gasteiger partial charge is 0.167 e. The second-order valence-corrected chi connectivity index (χ2v) is 6.94. The van der Waals surface area contributed by atoms with E-state index in [-0.39, 0.29) is 0 Å². The van der Waals surface area contributed by atoms with Crippen LogP contribution in [0.1, 0.15) is 11.3 Å². The van der Waals surface area contributed by atoms with Crippen LogP contribution in [0.3, 0.4) is 0 Å². The molecule has 4 heteroatoms. The lowest BCUT2D eigenvalue weighted by Crippen LogP contribution is -2.45. The highest BCUT2D eigenvalue weighted by atomic mass is 16.5. The van der Waals surface area contributed by atoms with E-state index < -0.39 is 0 Å². The highest BCUT2D eigenvalue weighted by Gasteiger charge is 2.17. The zero-order valence-corrected chi connectivity index (χ0v) is 15.5. The summed E-state index contributed by atoms with van der Waals surface area (Å²) in [6, 6.07) is 22.7. The SMILES string of the molecule is C(=C\c1ccccc1)/CN1CCN(Cc2cc(-c3ccccc3)on2)CC1. The predicted molar refractivity (Wildman–Crippen MR) is 109 cm³/mol. The summed E-state index contributed by atoms with van der Waals surface area (Å²) in [5, 5.41) is 4.25. The molecule has 0 atom stereocenters. The maximum atomic E-state index is 5.51. The van der Waals surface area contributed by atoms with Gasteiger partial charge in [0.1, 0.15) is 0 Å². The van der Waals surface area contributed by atoms with Crippen LogP contribution in [0.2, 0.25) is 0 Å². The third kappa shape index (κ3) is 4.94. The number of hydrogen-bond acceptors (Lipinski definition) is 4. The third-order valence-corrected chi connectivity index (χ3v) is 4.94. The molecule has 1 aromatic heterocycles. The number of benzene rings is 2. The summed E-state index contributed by atoms with van der Waals surface area (Å²) in [5.74, 6) is 0.843. The van der Waals surface area contributed by atoms with Crippen molar-refractivity contribution in [2.75, 3.05) is 32.7 Å². The lowest BCUT2D eigenvalue weighted by molar-refractivity contribution is 0.134. The summed E-state index contributed by atoms with van der Waals surface area (Å²) in [4.78, 5) is 4.94. The van der Waals surface area contributed by atoms with Crippen molar-refractivity contribution in [3.63, 3.8) is 0 Å². The molecule has 0 aliphatic carbocycles. The Kier molecular flexibility index (Phi) is 5.77. The van der Waals surface area contributed by atoms with E-state index >= 15 is 0 Å². The summed E-state index contributed by atoms with van der Waals surface area (Å²) in [6.07, 6.45) is 4.46. The fourth-order valence-electron chi connectivity index (χ4n) is 3.39. The van der Waals surface area contributed by atoms with E-state index in [1.165, 1.54) is 5.56 Å². The zero-order valence-electron chi connectivity index (χ0n) is 15.5. The van der Waals surface area contributed by atoms with Crippen LogP contribution >= 0.6 is 0 Å². The first-order valence-corrected chi connectivity index (χ1v) is 9.54. The molecule has 138 valence electrons. The first-order valence-electron chi connectivity index (χ1n) is 9.54. The highest BCUT2D eigenvalue weighted by Crippen LogP contribution is 2.20. The lowest BCUT2D eigenvalue weighted by Gasteiger charge is -2.33. The zero-order chi connectivity index (χ0) is 18.3. The van der Waals surface area contributed by atoms with Crippen molar-refractivity contribution in [3.8, 4) is 11.3 Å². The van der Waals surface area contributed by atoms with E-state index in [0.717, 1.165) is 56.3 Å². The van der Waals surface area contributed by atoms with Gasteiger partial charge in [-0.05, 0) is 5.56 Å². The van der Waals surface area contributed by atoms with Gasteiger partial charge in [-0.3, -0.25) is 9.80 Å². The number of rotatable bonds is 6. The van der Waals surface area contributed by atoms with Crippen molar-refractivity contribution in [1.29, 1.82) is 0 Å². The van der Waals surface area contributed by atoms with Crippen molar-refractivity contribution in [3.05, 3.63) is 84.1 Å². The maximum absolute atomic E-state index is 5.51. The van der Waals surface area contributed by atoms with Gasteiger partial charge in [0.2, 0.25) is 0 Å². The fraction of sp³-hybridized carbons (Fsp3) is 0.261. The van der Waals surface area contributed by atoms with Crippen LogP contribution in [0.5, 0.6) is 0 Å². The molecule has 1 aliphatic rings. The molecule has 1 saturated heterocycles. The molecule has 4 rings (SSSR count). The van der Waals surface area contributed by atoms with Gasteiger partial charge in [0.25, 0.3) is 0 Å². The minimum absolute atomic E-state index is 0.843. The topological polar surface area (TPSA) is 32.5 Å². The minimum Gasteiger partial charge on any atom is -0.356 e.